The lowest BCUT2D eigenvalue weighted by Gasteiger charge is -2.06. The van der Waals surface area contributed by atoms with Crippen molar-refractivity contribution in [3.8, 4) is 11.3 Å². The van der Waals surface area contributed by atoms with E-state index >= 15 is 0 Å². The Morgan fingerprint density at radius 2 is 1.90 bits per heavy atom. The lowest BCUT2D eigenvalue weighted by Crippen LogP contribution is -2.14. The predicted octanol–water partition coefficient (Wildman–Crippen LogP) is 4.33. The molecule has 4 aromatic rings. The van der Waals surface area contributed by atoms with Crippen LogP contribution in [0.5, 0.6) is 0 Å². The minimum Gasteiger partial charge on any atom is -0.325 e. The summed E-state index contributed by atoms with van der Waals surface area (Å²) in [6.45, 7) is 1.50. The van der Waals surface area contributed by atoms with E-state index in [9.17, 15) is 9.59 Å². The van der Waals surface area contributed by atoms with Gasteiger partial charge in [-0.1, -0.05) is 54.2 Å². The number of aromatic nitrogens is 3. The van der Waals surface area contributed by atoms with Crippen molar-refractivity contribution >= 4 is 34.7 Å². The molecular formula is C22H18N4O2S. The van der Waals surface area contributed by atoms with Crippen LogP contribution < -0.4 is 5.32 Å². The van der Waals surface area contributed by atoms with Gasteiger partial charge in [0.1, 0.15) is 5.03 Å². The summed E-state index contributed by atoms with van der Waals surface area (Å²) in [5, 5.41) is 8.15. The second-order valence-electron chi connectivity index (χ2n) is 6.43. The predicted molar refractivity (Wildman–Crippen MR) is 114 cm³/mol. The Morgan fingerprint density at radius 1 is 1.07 bits per heavy atom. The second kappa shape index (κ2) is 8.28. The average molecular weight is 402 g/mol. The third-order valence-electron chi connectivity index (χ3n) is 4.32. The molecule has 7 heteroatoms. The van der Waals surface area contributed by atoms with Gasteiger partial charge < -0.3 is 5.32 Å². The fourth-order valence-corrected chi connectivity index (χ4v) is 3.68. The number of fused-ring (bicyclic) bond motifs is 1. The van der Waals surface area contributed by atoms with Crippen molar-refractivity contribution in [1.29, 1.82) is 0 Å². The first-order valence-electron chi connectivity index (χ1n) is 9.03. The highest BCUT2D eigenvalue weighted by Gasteiger charge is 2.12. The van der Waals surface area contributed by atoms with Gasteiger partial charge in [-0.3, -0.25) is 9.59 Å². The van der Waals surface area contributed by atoms with E-state index in [1.807, 2.05) is 36.4 Å². The molecule has 0 fully saturated rings. The van der Waals surface area contributed by atoms with Gasteiger partial charge in [0.05, 0.1) is 17.0 Å². The summed E-state index contributed by atoms with van der Waals surface area (Å²) >= 11 is 1.35. The highest BCUT2D eigenvalue weighted by molar-refractivity contribution is 8.00. The van der Waals surface area contributed by atoms with Crippen LogP contribution in [0.4, 0.5) is 5.69 Å². The van der Waals surface area contributed by atoms with E-state index in [1.165, 1.54) is 18.7 Å². The molecule has 0 saturated heterocycles. The minimum absolute atomic E-state index is 0.0405. The molecule has 0 aliphatic carbocycles. The molecule has 0 aliphatic rings. The summed E-state index contributed by atoms with van der Waals surface area (Å²) in [7, 11) is 0. The molecule has 1 amide bonds. The Morgan fingerprint density at radius 3 is 2.69 bits per heavy atom. The van der Waals surface area contributed by atoms with Gasteiger partial charge in [-0.25, -0.2) is 9.50 Å². The SMILES string of the molecule is CC(=O)c1cccc(NC(=O)CSc2nccn3nc(-c4ccccc4)cc23)c1. The minimum atomic E-state index is -0.165. The number of carbonyl (C=O) groups is 2. The van der Waals surface area contributed by atoms with E-state index in [1.54, 1.807) is 41.2 Å². The Bertz CT molecular complexity index is 1190. The van der Waals surface area contributed by atoms with Crippen LogP contribution in [0.15, 0.2) is 78.1 Å². The molecule has 144 valence electrons. The molecule has 1 N–H and O–H groups in total. The quantitative estimate of drug-likeness (QED) is 0.384. The molecule has 0 saturated carbocycles. The number of thioether (sulfide) groups is 1. The van der Waals surface area contributed by atoms with Gasteiger partial charge in [0.15, 0.2) is 5.78 Å². The Hall–Kier alpha value is -3.45. The molecule has 0 unspecified atom stereocenters. The van der Waals surface area contributed by atoms with Crippen molar-refractivity contribution < 1.29 is 9.59 Å². The Balaban J connectivity index is 1.48. The number of amides is 1. The number of Topliss-reactive ketones (excluding diaryl/α,β-unsaturated/α-hetero) is 1. The van der Waals surface area contributed by atoms with E-state index in [0.717, 1.165) is 21.8 Å². The van der Waals surface area contributed by atoms with Crippen molar-refractivity contribution in [2.75, 3.05) is 11.1 Å². The van der Waals surface area contributed by atoms with Crippen LogP contribution in [0.25, 0.3) is 16.8 Å². The number of hydrogen-bond donors (Lipinski definition) is 1. The van der Waals surface area contributed by atoms with Gasteiger partial charge in [0.25, 0.3) is 0 Å². The summed E-state index contributed by atoms with van der Waals surface area (Å²) in [5.74, 6) is -0.00775. The molecule has 29 heavy (non-hydrogen) atoms. The highest BCUT2D eigenvalue weighted by atomic mass is 32.2. The standard InChI is InChI=1S/C22H18N4O2S/c1-15(27)17-8-5-9-18(12-17)24-21(28)14-29-22-20-13-19(16-6-3-2-4-7-16)25-26(20)11-10-23-22/h2-13H,14H2,1H3,(H,24,28). The molecular weight excluding hydrogens is 384 g/mol. The molecule has 2 aromatic heterocycles. The second-order valence-corrected chi connectivity index (χ2v) is 7.40. The number of hydrogen-bond acceptors (Lipinski definition) is 5. The van der Waals surface area contributed by atoms with E-state index < -0.39 is 0 Å². The van der Waals surface area contributed by atoms with E-state index in [4.69, 9.17) is 0 Å². The fourth-order valence-electron chi connectivity index (χ4n) is 2.91. The first-order chi connectivity index (χ1) is 14.1. The normalized spacial score (nSPS) is 10.8. The number of rotatable bonds is 6. The molecule has 2 aromatic carbocycles. The number of benzene rings is 2. The van der Waals surface area contributed by atoms with Crippen molar-refractivity contribution in [2.24, 2.45) is 0 Å². The smallest absolute Gasteiger partial charge is 0.234 e. The van der Waals surface area contributed by atoms with Crippen LogP contribution in [0, 0.1) is 0 Å². The van der Waals surface area contributed by atoms with Crippen molar-refractivity contribution in [3.05, 3.63) is 78.6 Å². The highest BCUT2D eigenvalue weighted by Crippen LogP contribution is 2.26. The maximum Gasteiger partial charge on any atom is 0.234 e. The molecule has 6 nitrogen and oxygen atoms in total. The maximum atomic E-state index is 12.4. The molecule has 4 rings (SSSR count). The van der Waals surface area contributed by atoms with Crippen LogP contribution >= 0.6 is 11.8 Å². The van der Waals surface area contributed by atoms with Gasteiger partial charge >= 0.3 is 0 Å². The molecule has 0 spiro atoms. The van der Waals surface area contributed by atoms with Crippen molar-refractivity contribution in [3.63, 3.8) is 0 Å². The van der Waals surface area contributed by atoms with E-state index in [2.05, 4.69) is 15.4 Å². The number of nitrogens with zero attached hydrogens (tertiary/aromatic N) is 3. The topological polar surface area (TPSA) is 76.4 Å². The average Bonchev–Trinajstić information content (AvgIpc) is 3.18. The summed E-state index contributed by atoms with van der Waals surface area (Å²) in [6, 6.07) is 18.8. The van der Waals surface area contributed by atoms with Gasteiger partial charge in [0, 0.05) is 29.2 Å². The van der Waals surface area contributed by atoms with E-state index in [0.29, 0.717) is 11.3 Å². The molecule has 0 radical (unpaired) electrons. The van der Waals surface area contributed by atoms with Crippen LogP contribution in [0.2, 0.25) is 0 Å². The van der Waals surface area contributed by atoms with Gasteiger partial charge in [-0.2, -0.15) is 5.10 Å². The molecule has 2 heterocycles. The van der Waals surface area contributed by atoms with Gasteiger partial charge in [-0.15, -0.1) is 0 Å². The zero-order chi connectivity index (χ0) is 20.2. The van der Waals surface area contributed by atoms with Gasteiger partial charge in [0.2, 0.25) is 5.91 Å². The van der Waals surface area contributed by atoms with Crippen LogP contribution in [0.3, 0.4) is 0 Å². The maximum absolute atomic E-state index is 12.4. The molecule has 0 aliphatic heterocycles. The summed E-state index contributed by atoms with van der Waals surface area (Å²) in [5.41, 5.74) is 3.89. The Kier molecular flexibility index (Phi) is 5.39. The first kappa shape index (κ1) is 18.9. The number of nitrogens with one attached hydrogen (secondary N) is 1. The lowest BCUT2D eigenvalue weighted by molar-refractivity contribution is -0.113. The zero-order valence-electron chi connectivity index (χ0n) is 15.7. The summed E-state index contributed by atoms with van der Waals surface area (Å²) in [4.78, 5) is 28.3. The summed E-state index contributed by atoms with van der Waals surface area (Å²) < 4.78 is 1.77. The zero-order valence-corrected chi connectivity index (χ0v) is 16.5. The van der Waals surface area contributed by atoms with Gasteiger partial charge in [-0.05, 0) is 25.1 Å². The monoisotopic (exact) mass is 402 g/mol. The van der Waals surface area contributed by atoms with Crippen molar-refractivity contribution in [1.82, 2.24) is 14.6 Å². The van der Waals surface area contributed by atoms with Crippen LogP contribution in [0.1, 0.15) is 17.3 Å². The lowest BCUT2D eigenvalue weighted by atomic mass is 10.1. The first-order valence-corrected chi connectivity index (χ1v) is 10.0. The van der Waals surface area contributed by atoms with Crippen LogP contribution in [-0.2, 0) is 4.79 Å². The van der Waals surface area contributed by atoms with Crippen LogP contribution in [-0.4, -0.2) is 32.0 Å². The third-order valence-corrected chi connectivity index (χ3v) is 5.31. The Labute approximate surface area is 172 Å². The third kappa shape index (κ3) is 4.35. The number of ketones is 1. The number of carbonyl (C=O) groups excluding carboxylic acids is 2. The molecule has 0 atom stereocenters. The summed E-state index contributed by atoms with van der Waals surface area (Å²) in [6.07, 6.45) is 3.46. The fraction of sp³-hybridized carbons (Fsp3) is 0.0909. The van der Waals surface area contributed by atoms with Crippen molar-refractivity contribution in [2.45, 2.75) is 11.9 Å². The number of anilines is 1. The largest absolute Gasteiger partial charge is 0.325 e. The molecule has 0 bridgehead atoms. The van der Waals surface area contributed by atoms with E-state index in [-0.39, 0.29) is 17.4 Å².